The van der Waals surface area contributed by atoms with Crippen molar-refractivity contribution < 1.29 is 0 Å². The molecule has 0 fully saturated rings. The third-order valence-corrected chi connectivity index (χ3v) is 19.9. The molecular weight excluding hydrogens is 546 g/mol. The van der Waals surface area contributed by atoms with Crippen molar-refractivity contribution in [3.63, 3.8) is 0 Å². The van der Waals surface area contributed by atoms with Gasteiger partial charge in [0.2, 0.25) is 0 Å². The largest absolute Gasteiger partial charge is 0.139 e. The molecule has 0 aromatic rings. The van der Waals surface area contributed by atoms with Crippen molar-refractivity contribution in [2.75, 3.05) is 0 Å². The minimum absolute atomic E-state index is 0.890. The summed E-state index contributed by atoms with van der Waals surface area (Å²) in [6.07, 6.45) is 18.2. The third kappa shape index (κ3) is 29.1. The van der Waals surface area contributed by atoms with Crippen LogP contribution in [0.15, 0.2) is 0 Å². The number of rotatable bonds is 24. The number of hydrogen-bond donors (Lipinski definition) is 0. The van der Waals surface area contributed by atoms with Gasteiger partial charge in [0, 0.05) is 40.4 Å². The molecule has 0 spiro atoms. The zero-order valence-electron chi connectivity index (χ0n) is 30.4. The molecule has 0 aromatic heterocycles. The molecule has 0 N–H and O–H groups in total. The van der Waals surface area contributed by atoms with E-state index in [-0.39, 0.29) is 0 Å². The van der Waals surface area contributed by atoms with Crippen LogP contribution in [0.1, 0.15) is 38.5 Å². The second-order valence-electron chi connectivity index (χ2n) is 19.5. The van der Waals surface area contributed by atoms with Gasteiger partial charge in [-0.15, -0.1) is 0 Å². The van der Waals surface area contributed by atoms with Gasteiger partial charge in [-0.3, -0.25) is 0 Å². The molecule has 0 atom stereocenters. The Morgan fingerprint density at radius 2 is 0.462 bits per heavy atom. The van der Waals surface area contributed by atoms with Crippen LogP contribution in [-0.4, -0.2) is 53.8 Å². The Labute approximate surface area is 257 Å². The van der Waals surface area contributed by atoms with E-state index in [1.54, 1.807) is 12.1 Å². The van der Waals surface area contributed by atoms with E-state index in [0.717, 1.165) is 13.4 Å². The lowest BCUT2D eigenvalue weighted by Crippen LogP contribution is -2.27. The first-order chi connectivity index (χ1) is 17.6. The molecule has 0 heterocycles. The molecule has 0 saturated carbocycles. The molecule has 0 aliphatic rings. The summed E-state index contributed by atoms with van der Waals surface area (Å²) in [6, 6.07) is 9.32. The summed E-state index contributed by atoms with van der Waals surface area (Å²) in [5.74, 6) is 0. The van der Waals surface area contributed by atoms with Crippen molar-refractivity contribution >= 4 is 53.8 Å². The molecule has 0 saturated heterocycles. The maximum atomic E-state index is 2.73. The van der Waals surface area contributed by atoms with E-state index in [1.165, 1.54) is 101 Å². The van der Waals surface area contributed by atoms with Gasteiger partial charge in [0.15, 0.2) is 0 Å². The highest BCUT2D eigenvalue weighted by atomic mass is 28.3. The van der Waals surface area contributed by atoms with E-state index < -0.39 is 40.4 Å². The highest BCUT2D eigenvalue weighted by Crippen LogP contribution is 2.28. The van der Waals surface area contributed by atoms with Crippen LogP contribution >= 0.6 is 0 Å². The van der Waals surface area contributed by atoms with Gasteiger partial charge in [-0.05, 0) is 0 Å². The summed E-state index contributed by atoms with van der Waals surface area (Å²) >= 11 is 0. The summed E-state index contributed by atoms with van der Waals surface area (Å²) in [4.78, 5) is 0. The van der Waals surface area contributed by atoms with E-state index in [1.807, 2.05) is 0 Å². The fraction of sp³-hybridized carbons (Fsp3) is 1.00. The van der Waals surface area contributed by atoms with Gasteiger partial charge in [0.1, 0.15) is 13.4 Å². The molecule has 39 heavy (non-hydrogen) atoms. The predicted molar refractivity (Wildman–Crippen MR) is 208 cm³/mol. The van der Waals surface area contributed by atoms with Gasteiger partial charge in [-0.2, -0.15) is 0 Å². The smallest absolute Gasteiger partial charge is 0.0744 e. The van der Waals surface area contributed by atoms with Gasteiger partial charge in [-0.25, -0.2) is 0 Å². The molecule has 232 valence electrons. The van der Waals surface area contributed by atoms with Crippen LogP contribution in [0.3, 0.4) is 0 Å². The quantitative estimate of drug-likeness (QED) is 0.0937. The van der Waals surface area contributed by atoms with E-state index in [0.29, 0.717) is 0 Å². The van der Waals surface area contributed by atoms with Crippen molar-refractivity contribution in [3.8, 4) is 0 Å². The van der Waals surface area contributed by atoms with E-state index in [4.69, 9.17) is 0 Å². The van der Waals surface area contributed by atoms with Crippen LogP contribution in [0.4, 0.5) is 0 Å². The Balaban J connectivity index is 4.70. The minimum atomic E-state index is -1.05. The molecule has 0 unspecified atom stereocenters. The summed E-state index contributed by atoms with van der Waals surface area (Å²) in [7, 11) is -4.61. The standard InChI is InChI=1S/C32H78B2Si5/c1-35(2,3)27-15-21-33(22-16-28-36(4,5)6)25-19-31-39(13,14)32-20-26-34(23-17-29-37(7,8)9)24-18-30-38(10,11)12/h15-32H2,1-14H3. The van der Waals surface area contributed by atoms with Gasteiger partial charge in [0.05, 0.1) is 0 Å². The molecular formula is C32H78B2Si5. The highest BCUT2D eigenvalue weighted by molar-refractivity contribution is 6.78. The maximum Gasteiger partial charge on any atom is 0.139 e. The molecule has 0 aromatic carbocycles. The minimum Gasteiger partial charge on any atom is -0.0744 e. The SMILES string of the molecule is C[Si](C)(C)CCCB(CCC[Si](C)(C)C)CCC[Si](C)(C)CCCB(CCC[Si](C)(C)C)CCC[Si](C)(C)C. The van der Waals surface area contributed by atoms with Gasteiger partial charge < -0.3 is 0 Å². The predicted octanol–water partition coefficient (Wildman–Crippen LogP) is 13.4. The van der Waals surface area contributed by atoms with Crippen molar-refractivity contribution in [2.24, 2.45) is 0 Å². The molecule has 0 bridgehead atoms. The molecule has 0 radical (unpaired) electrons. The summed E-state index contributed by atoms with van der Waals surface area (Å²) in [6.45, 7) is 38.2. The van der Waals surface area contributed by atoms with Crippen molar-refractivity contribution in [1.29, 1.82) is 0 Å². The Morgan fingerprint density at radius 3 is 0.641 bits per heavy atom. The van der Waals surface area contributed by atoms with Crippen molar-refractivity contribution in [2.45, 2.75) is 204 Å². The van der Waals surface area contributed by atoms with Gasteiger partial charge >= 0.3 is 0 Å². The van der Waals surface area contributed by atoms with Crippen LogP contribution < -0.4 is 0 Å². The molecule has 7 heteroatoms. The van der Waals surface area contributed by atoms with Crippen molar-refractivity contribution in [3.05, 3.63) is 0 Å². The van der Waals surface area contributed by atoms with E-state index in [9.17, 15) is 0 Å². The number of hydrogen-bond acceptors (Lipinski definition) is 0. The van der Waals surface area contributed by atoms with Crippen LogP contribution in [0.5, 0.6) is 0 Å². The molecule has 0 amide bonds. The fourth-order valence-corrected chi connectivity index (χ4v) is 14.0. The van der Waals surface area contributed by atoms with Crippen LogP contribution in [0.25, 0.3) is 0 Å². The zero-order chi connectivity index (χ0) is 30.4. The van der Waals surface area contributed by atoms with E-state index >= 15 is 0 Å². The monoisotopic (exact) mass is 625 g/mol. The topological polar surface area (TPSA) is 0 Å². The van der Waals surface area contributed by atoms with E-state index in [2.05, 4.69) is 91.7 Å². The van der Waals surface area contributed by atoms with Crippen LogP contribution in [0, 0.1) is 0 Å². The van der Waals surface area contributed by atoms with Crippen molar-refractivity contribution in [1.82, 2.24) is 0 Å². The average molecular weight is 625 g/mol. The summed E-state index contributed by atoms with van der Waals surface area (Å²) < 4.78 is 0. The van der Waals surface area contributed by atoms with Gasteiger partial charge in [-0.1, -0.05) is 204 Å². The first-order valence-corrected chi connectivity index (χ1v) is 35.8. The Bertz CT molecular complexity index is 520. The zero-order valence-corrected chi connectivity index (χ0v) is 35.4. The highest BCUT2D eigenvalue weighted by Gasteiger charge is 2.25. The molecule has 0 aliphatic carbocycles. The molecule has 0 aliphatic heterocycles. The first kappa shape index (κ1) is 40.2. The fourth-order valence-electron chi connectivity index (χ4n) is 6.41. The lowest BCUT2D eigenvalue weighted by molar-refractivity contribution is 0.911. The second-order valence-corrected chi connectivity index (χ2v) is 47.3. The Kier molecular flexibility index (Phi) is 19.4. The van der Waals surface area contributed by atoms with Crippen LogP contribution in [0.2, 0.25) is 166 Å². The summed E-state index contributed by atoms with van der Waals surface area (Å²) in [5.41, 5.74) is 0. The normalized spacial score (nSPS) is 13.7. The lowest BCUT2D eigenvalue weighted by atomic mass is 9.41. The molecule has 0 rings (SSSR count). The maximum absolute atomic E-state index is 2.73. The third-order valence-electron chi connectivity index (χ3n) is 9.09. The lowest BCUT2D eigenvalue weighted by Gasteiger charge is -2.25. The Morgan fingerprint density at radius 1 is 0.282 bits per heavy atom. The van der Waals surface area contributed by atoms with Crippen LogP contribution in [-0.2, 0) is 0 Å². The summed E-state index contributed by atoms with van der Waals surface area (Å²) in [5, 5.41) is 0. The average Bonchev–Trinajstić information content (AvgIpc) is 2.69. The Hall–Kier alpha value is 1.21. The first-order valence-electron chi connectivity index (χ1n) is 17.6. The van der Waals surface area contributed by atoms with Gasteiger partial charge in [0.25, 0.3) is 0 Å². The molecule has 0 nitrogen and oxygen atoms in total. The second kappa shape index (κ2) is 18.8.